The van der Waals surface area contributed by atoms with E-state index in [9.17, 15) is 5.11 Å². The van der Waals surface area contributed by atoms with Gasteiger partial charge in [0, 0.05) is 31.7 Å². The Hall–Kier alpha value is -0.120. The molecule has 0 spiro atoms. The Morgan fingerprint density at radius 3 is 2.15 bits per heavy atom. The van der Waals surface area contributed by atoms with Gasteiger partial charge in [-0.1, -0.05) is 20.3 Å². The van der Waals surface area contributed by atoms with Crippen LogP contribution in [0, 0.1) is 5.41 Å². The summed E-state index contributed by atoms with van der Waals surface area (Å²) in [4.78, 5) is 2.54. The predicted molar refractivity (Wildman–Crippen MR) is 87.1 cm³/mol. The number of aliphatic hydroxyl groups is 1. The monoisotopic (exact) mass is 284 g/mol. The lowest BCUT2D eigenvalue weighted by Crippen LogP contribution is -2.50. The highest BCUT2D eigenvalue weighted by molar-refractivity contribution is 4.88. The van der Waals surface area contributed by atoms with Gasteiger partial charge < -0.3 is 15.3 Å². The van der Waals surface area contributed by atoms with Gasteiger partial charge in [0.25, 0.3) is 0 Å². The minimum absolute atomic E-state index is 0.181. The van der Waals surface area contributed by atoms with Crippen LogP contribution in [0.1, 0.15) is 67.2 Å². The molecule has 0 aliphatic carbocycles. The van der Waals surface area contributed by atoms with Crippen molar-refractivity contribution in [2.75, 3.05) is 26.2 Å². The minimum atomic E-state index is -0.443. The molecule has 3 heteroatoms. The summed E-state index contributed by atoms with van der Waals surface area (Å²) in [5, 5.41) is 13.7. The summed E-state index contributed by atoms with van der Waals surface area (Å²) in [6, 6.07) is 0. The highest BCUT2D eigenvalue weighted by Gasteiger charge is 2.32. The highest BCUT2D eigenvalue weighted by Crippen LogP contribution is 2.28. The van der Waals surface area contributed by atoms with Crippen LogP contribution in [0.5, 0.6) is 0 Å². The number of likely N-dealkylation sites (tertiary alicyclic amines) is 1. The van der Waals surface area contributed by atoms with Crippen molar-refractivity contribution in [1.29, 1.82) is 0 Å². The first kappa shape index (κ1) is 17.9. The van der Waals surface area contributed by atoms with Crippen LogP contribution in [0.3, 0.4) is 0 Å². The molecular formula is C17H36N2O. The molecule has 0 radical (unpaired) electrons. The third-order valence-electron chi connectivity index (χ3n) is 4.44. The third kappa shape index (κ3) is 6.55. The number of nitrogens with zero attached hydrogens (tertiary/aromatic N) is 1. The molecule has 120 valence electrons. The summed E-state index contributed by atoms with van der Waals surface area (Å²) in [7, 11) is 0. The second-order valence-electron chi connectivity index (χ2n) is 8.44. The fraction of sp³-hybridized carbons (Fsp3) is 1.00. The quantitative estimate of drug-likeness (QED) is 0.787. The molecule has 1 unspecified atom stereocenters. The Morgan fingerprint density at radius 1 is 1.15 bits per heavy atom. The Bertz CT molecular complexity index is 286. The summed E-state index contributed by atoms with van der Waals surface area (Å²) >= 11 is 0. The van der Waals surface area contributed by atoms with Crippen molar-refractivity contribution in [3.8, 4) is 0 Å². The number of hydrogen-bond acceptors (Lipinski definition) is 3. The molecule has 0 bridgehead atoms. The van der Waals surface area contributed by atoms with E-state index in [1.807, 2.05) is 6.92 Å². The summed E-state index contributed by atoms with van der Waals surface area (Å²) < 4.78 is 0. The number of rotatable bonds is 6. The van der Waals surface area contributed by atoms with Crippen molar-refractivity contribution in [3.63, 3.8) is 0 Å². The zero-order chi connectivity index (χ0) is 15.4. The largest absolute Gasteiger partial charge is 0.390 e. The smallest absolute Gasteiger partial charge is 0.0644 e. The maximum atomic E-state index is 10.1. The normalized spacial score (nSPS) is 23.6. The standard InChI is InChI=1S/C17H36N2O/c1-7-8-16(5,13-18-15(2,3)4)14-19-11-9-17(6,20)10-12-19/h18,20H,7-14H2,1-6H3. The van der Waals surface area contributed by atoms with Crippen molar-refractivity contribution in [3.05, 3.63) is 0 Å². The maximum absolute atomic E-state index is 10.1. The minimum Gasteiger partial charge on any atom is -0.390 e. The first-order valence-corrected chi connectivity index (χ1v) is 8.25. The van der Waals surface area contributed by atoms with Crippen LogP contribution < -0.4 is 5.32 Å². The molecule has 1 aliphatic heterocycles. The first-order chi connectivity index (χ1) is 9.05. The lowest BCUT2D eigenvalue weighted by Gasteiger charge is -2.42. The zero-order valence-corrected chi connectivity index (χ0v) is 14.6. The number of piperidine rings is 1. The summed E-state index contributed by atoms with van der Waals surface area (Å²) in [6.07, 6.45) is 4.29. The van der Waals surface area contributed by atoms with Crippen LogP contribution in [-0.4, -0.2) is 47.3 Å². The Kier molecular flexibility index (Phi) is 6.06. The van der Waals surface area contributed by atoms with Crippen LogP contribution in [-0.2, 0) is 0 Å². The number of nitrogens with one attached hydrogen (secondary N) is 1. The Balaban J connectivity index is 2.53. The summed E-state index contributed by atoms with van der Waals surface area (Å²) in [5.41, 5.74) is 0.0626. The van der Waals surface area contributed by atoms with Crippen molar-refractivity contribution in [2.24, 2.45) is 5.41 Å². The molecule has 3 nitrogen and oxygen atoms in total. The van der Waals surface area contributed by atoms with Gasteiger partial charge >= 0.3 is 0 Å². The first-order valence-electron chi connectivity index (χ1n) is 8.25. The molecule has 1 rings (SSSR count). The maximum Gasteiger partial charge on any atom is 0.0644 e. The molecule has 0 saturated carbocycles. The Labute approximate surface area is 126 Å². The van der Waals surface area contributed by atoms with Crippen molar-refractivity contribution in [1.82, 2.24) is 10.2 Å². The van der Waals surface area contributed by atoms with E-state index in [1.54, 1.807) is 0 Å². The molecule has 2 N–H and O–H groups in total. The lowest BCUT2D eigenvalue weighted by molar-refractivity contribution is -0.0157. The second-order valence-corrected chi connectivity index (χ2v) is 8.44. The van der Waals surface area contributed by atoms with Crippen molar-refractivity contribution >= 4 is 0 Å². The topological polar surface area (TPSA) is 35.5 Å². The molecule has 1 atom stereocenters. The number of hydrogen-bond donors (Lipinski definition) is 2. The molecule has 0 aromatic carbocycles. The van der Waals surface area contributed by atoms with E-state index in [0.717, 1.165) is 39.0 Å². The van der Waals surface area contributed by atoms with E-state index in [1.165, 1.54) is 12.8 Å². The van der Waals surface area contributed by atoms with E-state index in [2.05, 4.69) is 44.8 Å². The van der Waals surface area contributed by atoms with Gasteiger partial charge in [-0.05, 0) is 52.4 Å². The van der Waals surface area contributed by atoms with Crippen LogP contribution in [0.4, 0.5) is 0 Å². The Morgan fingerprint density at radius 2 is 1.70 bits per heavy atom. The van der Waals surface area contributed by atoms with Crippen LogP contribution >= 0.6 is 0 Å². The summed E-state index contributed by atoms with van der Waals surface area (Å²) in [5.74, 6) is 0. The van der Waals surface area contributed by atoms with E-state index in [-0.39, 0.29) is 5.54 Å². The van der Waals surface area contributed by atoms with Crippen LogP contribution in [0.2, 0.25) is 0 Å². The van der Waals surface area contributed by atoms with Gasteiger partial charge in [-0.2, -0.15) is 0 Å². The molecular weight excluding hydrogens is 248 g/mol. The lowest BCUT2D eigenvalue weighted by atomic mass is 9.83. The van der Waals surface area contributed by atoms with Crippen LogP contribution in [0.25, 0.3) is 0 Å². The fourth-order valence-electron chi connectivity index (χ4n) is 3.04. The molecule has 1 aliphatic rings. The fourth-order valence-corrected chi connectivity index (χ4v) is 3.04. The van der Waals surface area contributed by atoms with Gasteiger partial charge in [0.1, 0.15) is 0 Å². The van der Waals surface area contributed by atoms with Crippen LogP contribution in [0.15, 0.2) is 0 Å². The van der Waals surface area contributed by atoms with Crippen molar-refractivity contribution in [2.45, 2.75) is 78.4 Å². The van der Waals surface area contributed by atoms with E-state index >= 15 is 0 Å². The molecule has 1 fully saturated rings. The van der Waals surface area contributed by atoms with Gasteiger partial charge in [-0.15, -0.1) is 0 Å². The van der Waals surface area contributed by atoms with Gasteiger partial charge in [0.05, 0.1) is 5.60 Å². The SMILES string of the molecule is CCCC(C)(CNC(C)(C)C)CN1CCC(C)(O)CC1. The average molecular weight is 284 g/mol. The van der Waals surface area contributed by atoms with E-state index in [0.29, 0.717) is 5.41 Å². The molecule has 0 aromatic rings. The predicted octanol–water partition coefficient (Wildman–Crippen LogP) is 3.03. The van der Waals surface area contributed by atoms with Gasteiger partial charge in [0.2, 0.25) is 0 Å². The van der Waals surface area contributed by atoms with Gasteiger partial charge in [0.15, 0.2) is 0 Å². The molecule has 0 amide bonds. The third-order valence-corrected chi connectivity index (χ3v) is 4.44. The molecule has 1 saturated heterocycles. The molecule has 1 heterocycles. The average Bonchev–Trinajstić information content (AvgIpc) is 2.29. The highest BCUT2D eigenvalue weighted by atomic mass is 16.3. The van der Waals surface area contributed by atoms with E-state index in [4.69, 9.17) is 0 Å². The molecule has 20 heavy (non-hydrogen) atoms. The van der Waals surface area contributed by atoms with E-state index < -0.39 is 5.60 Å². The van der Waals surface area contributed by atoms with Crippen molar-refractivity contribution < 1.29 is 5.11 Å². The molecule has 0 aromatic heterocycles. The summed E-state index contributed by atoms with van der Waals surface area (Å²) in [6.45, 7) is 17.6. The van der Waals surface area contributed by atoms with Gasteiger partial charge in [-0.25, -0.2) is 0 Å². The van der Waals surface area contributed by atoms with Gasteiger partial charge in [-0.3, -0.25) is 0 Å². The zero-order valence-electron chi connectivity index (χ0n) is 14.6. The second kappa shape index (κ2) is 6.76.